The summed E-state index contributed by atoms with van der Waals surface area (Å²) < 4.78 is 17.0. The molecule has 5 heteroatoms. The number of nitrogens with zero attached hydrogens (tertiary/aromatic N) is 1. The summed E-state index contributed by atoms with van der Waals surface area (Å²) in [6.45, 7) is 7.27. The highest BCUT2D eigenvalue weighted by atomic mass is 16.5. The van der Waals surface area contributed by atoms with Crippen molar-refractivity contribution in [2.24, 2.45) is 0 Å². The van der Waals surface area contributed by atoms with Gasteiger partial charge in [0.15, 0.2) is 0 Å². The second-order valence-corrected chi connectivity index (χ2v) is 5.94. The Morgan fingerprint density at radius 1 is 0.880 bits per heavy atom. The Morgan fingerprint density at radius 3 is 2.48 bits per heavy atom. The van der Waals surface area contributed by atoms with Crippen molar-refractivity contribution in [1.82, 2.24) is 10.2 Å². The van der Waals surface area contributed by atoms with Gasteiger partial charge in [0.1, 0.15) is 23.9 Å². The molecule has 0 radical (unpaired) electrons. The van der Waals surface area contributed by atoms with E-state index in [9.17, 15) is 0 Å². The van der Waals surface area contributed by atoms with Gasteiger partial charge in [-0.15, -0.1) is 0 Å². The van der Waals surface area contributed by atoms with Gasteiger partial charge in [0, 0.05) is 38.8 Å². The zero-order valence-corrected chi connectivity index (χ0v) is 14.5. The maximum absolute atomic E-state index is 5.82. The predicted octanol–water partition coefficient (Wildman–Crippen LogP) is 2.78. The Balaban J connectivity index is 1.33. The smallest absolute Gasteiger partial charge is 0.131 e. The van der Waals surface area contributed by atoms with E-state index in [4.69, 9.17) is 14.2 Å². The van der Waals surface area contributed by atoms with Gasteiger partial charge in [-0.05, 0) is 24.3 Å². The van der Waals surface area contributed by atoms with Crippen LogP contribution in [0.5, 0.6) is 17.2 Å². The van der Waals surface area contributed by atoms with Crippen molar-refractivity contribution in [2.45, 2.75) is 0 Å². The molecule has 1 saturated heterocycles. The molecule has 0 saturated carbocycles. The second kappa shape index (κ2) is 10.0. The fourth-order valence-corrected chi connectivity index (χ4v) is 2.68. The zero-order valence-electron chi connectivity index (χ0n) is 14.5. The number of hydrogen-bond acceptors (Lipinski definition) is 5. The van der Waals surface area contributed by atoms with Crippen LogP contribution in [0.15, 0.2) is 54.6 Å². The molecule has 0 aliphatic carbocycles. The molecule has 1 aliphatic heterocycles. The topological polar surface area (TPSA) is 43.0 Å². The van der Waals surface area contributed by atoms with Crippen LogP contribution in [0, 0.1) is 0 Å². The zero-order chi connectivity index (χ0) is 17.2. The fraction of sp³-hybridized carbons (Fsp3) is 0.400. The summed E-state index contributed by atoms with van der Waals surface area (Å²) in [4.78, 5) is 2.42. The van der Waals surface area contributed by atoms with E-state index in [1.165, 1.54) is 0 Å². The molecular weight excluding hydrogens is 316 g/mol. The molecule has 25 heavy (non-hydrogen) atoms. The molecule has 3 rings (SSSR count). The maximum atomic E-state index is 5.82. The minimum atomic E-state index is 0.637. The highest BCUT2D eigenvalue weighted by Gasteiger charge is 2.08. The van der Waals surface area contributed by atoms with E-state index >= 15 is 0 Å². The van der Waals surface area contributed by atoms with Crippen LogP contribution < -0.4 is 14.8 Å². The first-order chi connectivity index (χ1) is 12.4. The van der Waals surface area contributed by atoms with Crippen molar-refractivity contribution in [2.75, 3.05) is 52.5 Å². The highest BCUT2D eigenvalue weighted by Crippen LogP contribution is 2.24. The molecule has 0 amide bonds. The summed E-state index contributed by atoms with van der Waals surface area (Å²) in [5.41, 5.74) is 0. The summed E-state index contributed by atoms with van der Waals surface area (Å²) in [6, 6.07) is 17.5. The first-order valence-corrected chi connectivity index (χ1v) is 8.87. The second-order valence-electron chi connectivity index (χ2n) is 5.94. The van der Waals surface area contributed by atoms with Crippen molar-refractivity contribution in [3.63, 3.8) is 0 Å². The lowest BCUT2D eigenvalue weighted by Crippen LogP contribution is -2.40. The Hall–Kier alpha value is -2.08. The Labute approximate surface area is 149 Å². The van der Waals surface area contributed by atoms with E-state index < -0.39 is 0 Å². The number of para-hydroxylation sites is 1. The standard InChI is InChI=1S/C20H26N2O3/c1-2-5-18(6-3-1)25-20-8-4-7-19(17-20)24-14-10-21-9-11-22-12-15-23-16-13-22/h1-8,17,21H,9-16H2. The van der Waals surface area contributed by atoms with E-state index in [0.717, 1.165) is 63.2 Å². The van der Waals surface area contributed by atoms with Crippen molar-refractivity contribution >= 4 is 0 Å². The normalized spacial score (nSPS) is 15.0. The molecule has 1 fully saturated rings. The van der Waals surface area contributed by atoms with Crippen LogP contribution in [-0.2, 0) is 4.74 Å². The van der Waals surface area contributed by atoms with Crippen molar-refractivity contribution in [1.29, 1.82) is 0 Å². The Morgan fingerprint density at radius 2 is 1.64 bits per heavy atom. The maximum Gasteiger partial charge on any atom is 0.131 e. The highest BCUT2D eigenvalue weighted by molar-refractivity contribution is 5.36. The van der Waals surface area contributed by atoms with E-state index in [1.807, 2.05) is 54.6 Å². The lowest BCUT2D eigenvalue weighted by molar-refractivity contribution is 0.0383. The van der Waals surface area contributed by atoms with E-state index in [-0.39, 0.29) is 0 Å². The van der Waals surface area contributed by atoms with Gasteiger partial charge in [-0.25, -0.2) is 0 Å². The largest absolute Gasteiger partial charge is 0.492 e. The van der Waals surface area contributed by atoms with E-state index in [0.29, 0.717) is 6.61 Å². The van der Waals surface area contributed by atoms with Gasteiger partial charge >= 0.3 is 0 Å². The number of hydrogen-bond donors (Lipinski definition) is 1. The minimum Gasteiger partial charge on any atom is -0.492 e. The van der Waals surface area contributed by atoms with E-state index in [1.54, 1.807) is 0 Å². The molecule has 2 aromatic rings. The average Bonchev–Trinajstić information content (AvgIpc) is 2.66. The molecule has 0 unspecified atom stereocenters. The summed E-state index contributed by atoms with van der Waals surface area (Å²) in [5.74, 6) is 2.43. The minimum absolute atomic E-state index is 0.637. The third kappa shape index (κ3) is 6.38. The summed E-state index contributed by atoms with van der Waals surface area (Å²) in [6.07, 6.45) is 0. The molecule has 0 atom stereocenters. The van der Waals surface area contributed by atoms with Crippen LogP contribution >= 0.6 is 0 Å². The van der Waals surface area contributed by atoms with Crippen LogP contribution in [-0.4, -0.2) is 57.4 Å². The summed E-state index contributed by atoms with van der Waals surface area (Å²) in [5, 5.41) is 3.42. The SMILES string of the molecule is c1ccc(Oc2cccc(OCCNCCN3CCOCC3)c2)cc1. The molecule has 5 nitrogen and oxygen atoms in total. The average molecular weight is 342 g/mol. The quantitative estimate of drug-likeness (QED) is 0.710. The van der Waals surface area contributed by atoms with Crippen molar-refractivity contribution < 1.29 is 14.2 Å². The van der Waals surface area contributed by atoms with E-state index in [2.05, 4.69) is 10.2 Å². The third-order valence-electron chi connectivity index (χ3n) is 4.04. The van der Waals surface area contributed by atoms with Crippen molar-refractivity contribution in [3.05, 3.63) is 54.6 Å². The van der Waals surface area contributed by atoms with Gasteiger partial charge in [-0.1, -0.05) is 24.3 Å². The molecule has 1 N–H and O–H groups in total. The van der Waals surface area contributed by atoms with Crippen LogP contribution in [0.1, 0.15) is 0 Å². The lowest BCUT2D eigenvalue weighted by Gasteiger charge is -2.26. The predicted molar refractivity (Wildman–Crippen MR) is 98.6 cm³/mol. The van der Waals surface area contributed by atoms with Crippen molar-refractivity contribution in [3.8, 4) is 17.2 Å². The molecular formula is C20H26N2O3. The number of nitrogens with one attached hydrogen (secondary N) is 1. The molecule has 0 spiro atoms. The number of ether oxygens (including phenoxy) is 3. The number of benzene rings is 2. The van der Waals surface area contributed by atoms with Crippen LogP contribution in [0.2, 0.25) is 0 Å². The third-order valence-corrected chi connectivity index (χ3v) is 4.04. The van der Waals surface area contributed by atoms with Crippen LogP contribution in [0.4, 0.5) is 0 Å². The molecule has 1 heterocycles. The molecule has 0 aromatic heterocycles. The first kappa shape index (κ1) is 17.7. The Bertz CT molecular complexity index is 615. The van der Waals surface area contributed by atoms with Crippen LogP contribution in [0.25, 0.3) is 0 Å². The van der Waals surface area contributed by atoms with Gasteiger partial charge < -0.3 is 19.5 Å². The van der Waals surface area contributed by atoms with Gasteiger partial charge in [-0.2, -0.15) is 0 Å². The van der Waals surface area contributed by atoms with Gasteiger partial charge in [0.2, 0.25) is 0 Å². The first-order valence-electron chi connectivity index (χ1n) is 8.87. The number of rotatable bonds is 9. The lowest BCUT2D eigenvalue weighted by atomic mass is 10.3. The summed E-state index contributed by atoms with van der Waals surface area (Å²) in [7, 11) is 0. The fourth-order valence-electron chi connectivity index (χ4n) is 2.68. The van der Waals surface area contributed by atoms with Gasteiger partial charge in [-0.3, -0.25) is 4.90 Å². The molecule has 0 bridgehead atoms. The van der Waals surface area contributed by atoms with Crippen LogP contribution in [0.3, 0.4) is 0 Å². The Kier molecular flexibility index (Phi) is 7.12. The molecule has 134 valence electrons. The van der Waals surface area contributed by atoms with Gasteiger partial charge in [0.25, 0.3) is 0 Å². The van der Waals surface area contributed by atoms with Gasteiger partial charge in [0.05, 0.1) is 13.2 Å². The molecule has 1 aliphatic rings. The summed E-state index contributed by atoms with van der Waals surface area (Å²) >= 11 is 0. The number of morpholine rings is 1. The monoisotopic (exact) mass is 342 g/mol. The molecule has 2 aromatic carbocycles.